The number of amides is 2. The average molecular weight is 423 g/mol. The van der Waals surface area contributed by atoms with Crippen molar-refractivity contribution in [1.82, 2.24) is 21.1 Å². The molecule has 1 atom stereocenters. The van der Waals surface area contributed by atoms with Crippen molar-refractivity contribution in [3.63, 3.8) is 0 Å². The van der Waals surface area contributed by atoms with Crippen LogP contribution in [0.5, 0.6) is 0 Å². The minimum absolute atomic E-state index is 0.140. The van der Waals surface area contributed by atoms with Gasteiger partial charge in [-0.2, -0.15) is 5.06 Å². The van der Waals surface area contributed by atoms with Crippen LogP contribution in [0.2, 0.25) is 0 Å². The van der Waals surface area contributed by atoms with Crippen LogP contribution in [-0.2, 0) is 24.3 Å². The highest BCUT2D eigenvalue weighted by Crippen LogP contribution is 2.29. The lowest BCUT2D eigenvalue weighted by molar-refractivity contribution is -0.144. The van der Waals surface area contributed by atoms with Crippen molar-refractivity contribution in [1.29, 1.82) is 0 Å². The zero-order valence-corrected chi connectivity index (χ0v) is 16.6. The molecule has 0 spiro atoms. The fourth-order valence-corrected chi connectivity index (χ4v) is 4.55. The molecule has 1 fully saturated rings. The monoisotopic (exact) mass is 423 g/mol. The highest BCUT2D eigenvalue weighted by molar-refractivity contribution is 8.13. The largest absolute Gasteiger partial charge is 0.481 e. The Balaban J connectivity index is 1.97. The quantitative estimate of drug-likeness (QED) is 0.549. The number of urea groups is 1. The summed E-state index contributed by atoms with van der Waals surface area (Å²) in [6, 6.07) is -1.06. The molecule has 13 nitrogen and oxygen atoms in total. The zero-order chi connectivity index (χ0) is 19.9. The fraction of sp³-hybridized carbons (Fsp3) is 0.667. The molecule has 27 heavy (non-hydrogen) atoms. The minimum Gasteiger partial charge on any atom is -0.481 e. The number of hydrogen-bond donors (Lipinski definition) is 2. The number of sulfonamides is 1. The molecule has 2 aliphatic rings. The summed E-state index contributed by atoms with van der Waals surface area (Å²) in [4.78, 5) is 17.3. The molecule has 2 heterocycles. The van der Waals surface area contributed by atoms with Gasteiger partial charge in [0.15, 0.2) is 0 Å². The Morgan fingerprint density at radius 1 is 1.48 bits per heavy atom. The first-order valence-electron chi connectivity index (χ1n) is 7.83. The van der Waals surface area contributed by atoms with Crippen LogP contribution in [0.1, 0.15) is 13.3 Å². The summed E-state index contributed by atoms with van der Waals surface area (Å²) in [7, 11) is -1.30. The van der Waals surface area contributed by atoms with Gasteiger partial charge in [0.05, 0.1) is 26.9 Å². The van der Waals surface area contributed by atoms with Gasteiger partial charge in [-0.3, -0.25) is 4.84 Å². The number of nitrogens with zero attached hydrogens (tertiary/aromatic N) is 5. The van der Waals surface area contributed by atoms with E-state index >= 15 is 0 Å². The SMILES string of the molecule is CCCON1CCSC1S(=O)(=O)N=NC(=O)NN1N=C(OC)C=C(OC)N1. The maximum atomic E-state index is 12.3. The van der Waals surface area contributed by atoms with Crippen molar-refractivity contribution in [2.24, 2.45) is 14.7 Å². The Labute approximate surface area is 160 Å². The third kappa shape index (κ3) is 5.95. The molecular formula is C12H21N7O6S2. The molecule has 2 amide bonds. The molecule has 2 rings (SSSR count). The molecule has 15 heteroatoms. The van der Waals surface area contributed by atoms with Gasteiger partial charge in [0.1, 0.15) is 0 Å². The number of hydrazone groups is 1. The molecule has 0 bridgehead atoms. The van der Waals surface area contributed by atoms with Crippen LogP contribution in [-0.4, -0.2) is 68.5 Å². The van der Waals surface area contributed by atoms with Crippen molar-refractivity contribution >= 4 is 33.7 Å². The number of hydroxylamine groups is 2. The number of carbonyl (C=O) groups excluding carboxylic acids is 1. The van der Waals surface area contributed by atoms with E-state index in [1.54, 1.807) is 0 Å². The van der Waals surface area contributed by atoms with E-state index in [0.29, 0.717) is 18.9 Å². The molecule has 0 saturated carbocycles. The highest BCUT2D eigenvalue weighted by atomic mass is 32.3. The molecule has 2 N–H and O–H groups in total. The van der Waals surface area contributed by atoms with Gasteiger partial charge in [-0.25, -0.2) is 24.1 Å². The first kappa shape index (κ1) is 21.2. The van der Waals surface area contributed by atoms with E-state index in [1.807, 2.05) is 6.92 Å². The van der Waals surface area contributed by atoms with Crippen LogP contribution >= 0.6 is 11.8 Å². The topological polar surface area (TPSA) is 147 Å². The second kappa shape index (κ2) is 9.72. The van der Waals surface area contributed by atoms with Crippen molar-refractivity contribution in [3.05, 3.63) is 12.0 Å². The maximum absolute atomic E-state index is 12.3. The number of carbonyl (C=O) groups is 1. The van der Waals surface area contributed by atoms with Crippen molar-refractivity contribution < 1.29 is 27.5 Å². The van der Waals surface area contributed by atoms with Crippen molar-refractivity contribution in [2.45, 2.75) is 18.1 Å². The number of thioether (sulfide) groups is 1. The predicted octanol–water partition coefficient (Wildman–Crippen LogP) is 0.335. The normalized spacial score (nSPS) is 20.9. The molecule has 0 aromatic rings. The first-order chi connectivity index (χ1) is 12.9. The van der Waals surface area contributed by atoms with Gasteiger partial charge >= 0.3 is 6.03 Å². The molecule has 0 aromatic carbocycles. The van der Waals surface area contributed by atoms with Crippen molar-refractivity contribution in [2.75, 3.05) is 33.1 Å². The fourth-order valence-electron chi connectivity index (χ4n) is 1.91. The Kier molecular flexibility index (Phi) is 7.64. The molecule has 1 saturated heterocycles. The van der Waals surface area contributed by atoms with Crippen LogP contribution in [0, 0.1) is 0 Å². The lowest BCUT2D eigenvalue weighted by atomic mass is 10.5. The second-order valence-corrected chi connectivity index (χ2v) is 8.17. The van der Waals surface area contributed by atoms with Gasteiger partial charge in [-0.1, -0.05) is 26.9 Å². The number of hydrazine groups is 2. The molecule has 2 aliphatic heterocycles. The summed E-state index contributed by atoms with van der Waals surface area (Å²) >= 11 is 1.14. The summed E-state index contributed by atoms with van der Waals surface area (Å²) in [6.07, 6.45) is 2.18. The van der Waals surface area contributed by atoms with Crippen LogP contribution in [0.4, 0.5) is 4.79 Å². The van der Waals surface area contributed by atoms with E-state index in [9.17, 15) is 13.2 Å². The third-order valence-electron chi connectivity index (χ3n) is 3.07. The lowest BCUT2D eigenvalue weighted by Gasteiger charge is -2.24. The number of methoxy groups -OCH3 is 2. The third-order valence-corrected chi connectivity index (χ3v) is 6.20. The zero-order valence-electron chi connectivity index (χ0n) is 15.0. The Bertz CT molecular complexity index is 726. The highest BCUT2D eigenvalue weighted by Gasteiger charge is 2.38. The van der Waals surface area contributed by atoms with E-state index in [2.05, 4.69) is 25.6 Å². The van der Waals surface area contributed by atoms with Crippen molar-refractivity contribution in [3.8, 4) is 0 Å². The molecular weight excluding hydrogens is 402 g/mol. The molecule has 1 unspecified atom stereocenters. The molecule has 0 aromatic heterocycles. The summed E-state index contributed by atoms with van der Waals surface area (Å²) < 4.78 is 36.7. The van der Waals surface area contributed by atoms with Gasteiger partial charge < -0.3 is 9.47 Å². The predicted molar refractivity (Wildman–Crippen MR) is 96.0 cm³/mol. The van der Waals surface area contributed by atoms with Crippen LogP contribution in [0.15, 0.2) is 26.7 Å². The first-order valence-corrected chi connectivity index (χ1v) is 10.4. The minimum atomic E-state index is -4.08. The second-order valence-electron chi connectivity index (χ2n) is 5.04. The summed E-state index contributed by atoms with van der Waals surface area (Å²) in [5.41, 5.74) is 4.74. The summed E-state index contributed by atoms with van der Waals surface area (Å²) in [5.74, 6) is 0.938. The Morgan fingerprint density at radius 3 is 2.93 bits per heavy atom. The number of rotatable bonds is 7. The standard InChI is InChI=1S/C12H21N7O6S2/c1-4-6-25-18-5-7-26-12(18)27(21,22)17-13-11(20)16-19-14-9(23-2)8-10(15-19)24-3/h8,12,14H,4-7H2,1-3H3,(H,16,20). The number of hydrogen-bond acceptors (Lipinski definition) is 11. The van der Waals surface area contributed by atoms with E-state index in [0.717, 1.165) is 23.4 Å². The molecule has 152 valence electrons. The Hall–Kier alpha value is -2.10. The van der Waals surface area contributed by atoms with Gasteiger partial charge in [0.2, 0.25) is 16.5 Å². The number of nitrogens with one attached hydrogen (secondary N) is 2. The van der Waals surface area contributed by atoms with Crippen LogP contribution < -0.4 is 10.9 Å². The van der Waals surface area contributed by atoms with Gasteiger partial charge in [0.25, 0.3) is 10.0 Å². The number of ether oxygens (including phenoxy) is 2. The smallest absolute Gasteiger partial charge is 0.381 e. The molecule has 0 aliphatic carbocycles. The van der Waals surface area contributed by atoms with Crippen LogP contribution in [0.25, 0.3) is 0 Å². The Morgan fingerprint density at radius 2 is 2.26 bits per heavy atom. The van der Waals surface area contributed by atoms with E-state index in [-0.39, 0.29) is 11.8 Å². The average Bonchev–Trinajstić information content (AvgIpc) is 3.14. The van der Waals surface area contributed by atoms with E-state index in [1.165, 1.54) is 25.4 Å². The van der Waals surface area contributed by atoms with E-state index < -0.39 is 20.8 Å². The summed E-state index contributed by atoms with van der Waals surface area (Å²) in [6.45, 7) is 2.74. The van der Waals surface area contributed by atoms with Crippen LogP contribution in [0.3, 0.4) is 0 Å². The van der Waals surface area contributed by atoms with Gasteiger partial charge in [-0.15, -0.1) is 11.8 Å². The lowest BCUT2D eigenvalue weighted by Crippen LogP contribution is -2.48. The summed E-state index contributed by atoms with van der Waals surface area (Å²) in [5, 5.41) is 9.23. The van der Waals surface area contributed by atoms with Gasteiger partial charge in [-0.05, 0) is 6.42 Å². The van der Waals surface area contributed by atoms with Gasteiger partial charge in [0, 0.05) is 12.3 Å². The van der Waals surface area contributed by atoms with E-state index in [4.69, 9.17) is 14.3 Å². The molecule has 0 radical (unpaired) electrons. The maximum Gasteiger partial charge on any atom is 0.381 e.